The summed E-state index contributed by atoms with van der Waals surface area (Å²) in [5.74, 6) is 6.50. The van der Waals surface area contributed by atoms with Gasteiger partial charge in [0.1, 0.15) is 5.75 Å². The van der Waals surface area contributed by atoms with Crippen molar-refractivity contribution in [2.45, 2.75) is 0 Å². The van der Waals surface area contributed by atoms with E-state index in [4.69, 9.17) is 0 Å². The van der Waals surface area contributed by atoms with Gasteiger partial charge in [0.05, 0.1) is 0 Å². The van der Waals surface area contributed by atoms with Gasteiger partial charge in [0.15, 0.2) is 0 Å². The molecular formula is C21H16N2O. The van der Waals surface area contributed by atoms with E-state index in [-0.39, 0.29) is 5.75 Å². The van der Waals surface area contributed by atoms with Gasteiger partial charge < -0.3 is 15.4 Å². The third-order valence-electron chi connectivity index (χ3n) is 3.98. The van der Waals surface area contributed by atoms with E-state index in [0.717, 1.165) is 29.1 Å². The molecule has 1 aromatic heterocycles. The number of hydrogen-bond donors (Lipinski definition) is 3. The Hall–Kier alpha value is -3.38. The fraction of sp³-hybridized carbons (Fsp3) is 0.0476. The lowest BCUT2D eigenvalue weighted by molar-refractivity contribution is 0.475. The van der Waals surface area contributed by atoms with Gasteiger partial charge in [-0.1, -0.05) is 17.9 Å². The Morgan fingerprint density at radius 1 is 0.958 bits per heavy atom. The topological polar surface area (TPSA) is 48.0 Å². The van der Waals surface area contributed by atoms with Crippen molar-refractivity contribution in [3.05, 3.63) is 83.2 Å². The van der Waals surface area contributed by atoms with Crippen LogP contribution in [0.3, 0.4) is 0 Å². The van der Waals surface area contributed by atoms with Crippen molar-refractivity contribution in [3.8, 4) is 17.6 Å². The van der Waals surface area contributed by atoms with E-state index in [0.29, 0.717) is 0 Å². The number of phenols is 1. The lowest BCUT2D eigenvalue weighted by Crippen LogP contribution is -1.91. The molecule has 0 saturated carbocycles. The highest BCUT2D eigenvalue weighted by Crippen LogP contribution is 2.32. The summed E-state index contributed by atoms with van der Waals surface area (Å²) in [4.78, 5) is 3.21. The van der Waals surface area contributed by atoms with Crippen LogP contribution in [0, 0.1) is 11.8 Å². The first-order valence-corrected chi connectivity index (χ1v) is 7.81. The van der Waals surface area contributed by atoms with Gasteiger partial charge >= 0.3 is 0 Å². The average molecular weight is 312 g/mol. The molecule has 24 heavy (non-hydrogen) atoms. The molecule has 0 spiro atoms. The monoisotopic (exact) mass is 312 g/mol. The van der Waals surface area contributed by atoms with Crippen molar-refractivity contribution >= 4 is 17.3 Å². The number of nitrogens with one attached hydrogen (secondary N) is 2. The fourth-order valence-corrected chi connectivity index (χ4v) is 2.81. The van der Waals surface area contributed by atoms with Crippen LogP contribution < -0.4 is 5.32 Å². The highest BCUT2D eigenvalue weighted by Gasteiger charge is 2.15. The minimum Gasteiger partial charge on any atom is -0.508 e. The Morgan fingerprint density at radius 3 is 2.62 bits per heavy atom. The van der Waals surface area contributed by atoms with Crippen molar-refractivity contribution < 1.29 is 5.11 Å². The van der Waals surface area contributed by atoms with Gasteiger partial charge in [0.2, 0.25) is 0 Å². The number of anilines is 1. The summed E-state index contributed by atoms with van der Waals surface area (Å²) in [5, 5.41) is 12.9. The maximum absolute atomic E-state index is 9.51. The molecule has 116 valence electrons. The number of fused-ring (bicyclic) bond motifs is 1. The third-order valence-corrected chi connectivity index (χ3v) is 3.98. The standard InChI is InChI=1S/C21H16N2O/c24-19-5-1-3-15(11-19)6-7-16-8-9-21-20(12-16)17(14-23-21)13-18-4-2-10-22-18/h1-5,8-13,22-24H,14H2/b17-13+. The molecule has 2 aromatic carbocycles. The van der Waals surface area contributed by atoms with Crippen molar-refractivity contribution in [2.24, 2.45) is 0 Å². The highest BCUT2D eigenvalue weighted by molar-refractivity contribution is 5.92. The Bertz CT molecular complexity index is 973. The van der Waals surface area contributed by atoms with E-state index in [1.165, 1.54) is 11.1 Å². The maximum Gasteiger partial charge on any atom is 0.116 e. The first-order valence-electron chi connectivity index (χ1n) is 7.81. The minimum atomic E-state index is 0.233. The van der Waals surface area contributed by atoms with Crippen LogP contribution in [-0.2, 0) is 0 Å². The molecule has 3 N–H and O–H groups in total. The number of aromatic nitrogens is 1. The summed E-state index contributed by atoms with van der Waals surface area (Å²) in [5.41, 5.74) is 6.42. The first kappa shape index (κ1) is 14.2. The molecule has 0 saturated heterocycles. The fourth-order valence-electron chi connectivity index (χ4n) is 2.81. The van der Waals surface area contributed by atoms with Crippen LogP contribution >= 0.6 is 0 Å². The predicted octanol–water partition coefficient (Wildman–Crippen LogP) is 4.09. The summed E-state index contributed by atoms with van der Waals surface area (Å²) in [6, 6.07) is 17.2. The minimum absolute atomic E-state index is 0.233. The molecule has 0 amide bonds. The maximum atomic E-state index is 9.51. The molecule has 0 atom stereocenters. The van der Waals surface area contributed by atoms with Gasteiger partial charge in [-0.2, -0.15) is 0 Å². The van der Waals surface area contributed by atoms with Gasteiger partial charge in [0, 0.05) is 40.8 Å². The van der Waals surface area contributed by atoms with Gasteiger partial charge in [-0.25, -0.2) is 0 Å². The van der Waals surface area contributed by atoms with E-state index in [9.17, 15) is 5.11 Å². The van der Waals surface area contributed by atoms with Crippen LogP contribution in [0.5, 0.6) is 5.75 Å². The van der Waals surface area contributed by atoms with Crippen LogP contribution in [0.15, 0.2) is 60.8 Å². The average Bonchev–Trinajstić information content (AvgIpc) is 3.24. The Balaban J connectivity index is 1.67. The quantitative estimate of drug-likeness (QED) is 0.593. The molecule has 2 heterocycles. The second-order valence-corrected chi connectivity index (χ2v) is 5.71. The Labute approximate surface area is 140 Å². The number of H-pyrrole nitrogens is 1. The van der Waals surface area contributed by atoms with Gasteiger partial charge in [-0.05, 0) is 60.2 Å². The Kier molecular flexibility index (Phi) is 3.57. The van der Waals surface area contributed by atoms with Gasteiger partial charge in [0.25, 0.3) is 0 Å². The lowest BCUT2D eigenvalue weighted by Gasteiger charge is -2.00. The van der Waals surface area contributed by atoms with Crippen molar-refractivity contribution in [1.29, 1.82) is 0 Å². The second-order valence-electron chi connectivity index (χ2n) is 5.71. The molecule has 3 nitrogen and oxygen atoms in total. The van der Waals surface area contributed by atoms with E-state index in [1.54, 1.807) is 18.2 Å². The summed E-state index contributed by atoms with van der Waals surface area (Å²) in [6.45, 7) is 0.817. The summed E-state index contributed by atoms with van der Waals surface area (Å²) >= 11 is 0. The molecule has 1 aliphatic rings. The molecule has 3 heteroatoms. The smallest absolute Gasteiger partial charge is 0.116 e. The lowest BCUT2D eigenvalue weighted by atomic mass is 10.0. The number of hydrogen-bond acceptors (Lipinski definition) is 2. The summed E-state index contributed by atoms with van der Waals surface area (Å²) in [6.07, 6.45) is 4.08. The molecule has 0 fully saturated rings. The Morgan fingerprint density at radius 2 is 1.83 bits per heavy atom. The van der Waals surface area contributed by atoms with Crippen molar-refractivity contribution in [1.82, 2.24) is 4.98 Å². The van der Waals surface area contributed by atoms with Gasteiger partial charge in [-0.3, -0.25) is 0 Å². The number of aromatic hydroxyl groups is 1. The SMILES string of the molecule is Oc1cccc(C#Cc2ccc3c(c2)/C(=C/c2ccc[nH]2)CN3)c1. The van der Waals surface area contributed by atoms with Crippen molar-refractivity contribution in [2.75, 3.05) is 11.9 Å². The van der Waals surface area contributed by atoms with Crippen LogP contribution in [0.2, 0.25) is 0 Å². The molecule has 0 unspecified atom stereocenters. The van der Waals surface area contributed by atoms with Gasteiger partial charge in [-0.15, -0.1) is 0 Å². The van der Waals surface area contributed by atoms with E-state index in [2.05, 4.69) is 46.4 Å². The number of rotatable bonds is 1. The predicted molar refractivity (Wildman–Crippen MR) is 97.7 cm³/mol. The molecule has 3 aromatic rings. The van der Waals surface area contributed by atoms with Crippen LogP contribution in [-0.4, -0.2) is 16.6 Å². The molecule has 4 rings (SSSR count). The molecule has 1 aliphatic heterocycles. The summed E-state index contributed by atoms with van der Waals surface area (Å²) < 4.78 is 0. The number of phenolic OH excluding ortho intramolecular Hbond substituents is 1. The van der Waals surface area contributed by atoms with E-state index < -0.39 is 0 Å². The molecule has 0 bridgehead atoms. The third kappa shape index (κ3) is 2.90. The van der Waals surface area contributed by atoms with E-state index in [1.807, 2.05) is 24.4 Å². The molecule has 0 radical (unpaired) electrons. The summed E-state index contributed by atoms with van der Waals surface area (Å²) in [7, 11) is 0. The largest absolute Gasteiger partial charge is 0.508 e. The van der Waals surface area contributed by atoms with Crippen molar-refractivity contribution in [3.63, 3.8) is 0 Å². The zero-order chi connectivity index (χ0) is 16.4. The number of benzene rings is 2. The first-order chi connectivity index (χ1) is 11.8. The zero-order valence-corrected chi connectivity index (χ0v) is 13.0. The molecule has 0 aliphatic carbocycles. The van der Waals surface area contributed by atoms with Crippen LogP contribution in [0.4, 0.5) is 5.69 Å². The van der Waals surface area contributed by atoms with E-state index >= 15 is 0 Å². The van der Waals surface area contributed by atoms with Crippen LogP contribution in [0.1, 0.15) is 22.4 Å². The number of aromatic amines is 1. The highest BCUT2D eigenvalue weighted by atomic mass is 16.3. The normalized spacial score (nSPS) is 13.9. The zero-order valence-electron chi connectivity index (χ0n) is 13.0. The second kappa shape index (κ2) is 6.02. The molecular weight excluding hydrogens is 296 g/mol. The van der Waals surface area contributed by atoms with Crippen LogP contribution in [0.25, 0.3) is 11.6 Å².